The monoisotopic (exact) mass is 291 g/mol. The van der Waals surface area contributed by atoms with Gasteiger partial charge in [-0.05, 0) is 11.5 Å². The molecule has 114 valence electrons. The summed E-state index contributed by atoms with van der Waals surface area (Å²) in [5.74, 6) is -1.40. The summed E-state index contributed by atoms with van der Waals surface area (Å²) in [4.78, 5) is 23.2. The Bertz CT molecular complexity index is 484. The first-order chi connectivity index (χ1) is 9.97. The number of ether oxygens (including phenoxy) is 1. The Morgan fingerprint density at radius 3 is 2.43 bits per heavy atom. The number of benzene rings is 1. The second kappa shape index (κ2) is 8.09. The minimum atomic E-state index is -1.09. The van der Waals surface area contributed by atoms with Crippen LogP contribution in [0, 0.1) is 5.92 Å². The number of carbonyl (C=O) groups is 2. The van der Waals surface area contributed by atoms with Crippen LogP contribution in [0.25, 0.3) is 0 Å². The molecule has 21 heavy (non-hydrogen) atoms. The van der Waals surface area contributed by atoms with E-state index in [1.807, 2.05) is 44.2 Å². The van der Waals surface area contributed by atoms with Gasteiger partial charge < -0.3 is 15.2 Å². The van der Waals surface area contributed by atoms with Crippen LogP contribution in [-0.2, 0) is 9.53 Å². The van der Waals surface area contributed by atoms with E-state index in [2.05, 4.69) is 11.9 Å². The van der Waals surface area contributed by atoms with Gasteiger partial charge in [0, 0.05) is 5.92 Å². The number of nitrogens with one attached hydrogen (secondary N) is 1. The molecular formula is C16H21NO4. The van der Waals surface area contributed by atoms with Gasteiger partial charge in [-0.15, -0.1) is 0 Å². The summed E-state index contributed by atoms with van der Waals surface area (Å²) in [6, 6.07) is 8.22. The Labute approximate surface area is 124 Å². The average molecular weight is 291 g/mol. The zero-order chi connectivity index (χ0) is 15.8. The quantitative estimate of drug-likeness (QED) is 0.757. The van der Waals surface area contributed by atoms with E-state index in [0.29, 0.717) is 0 Å². The van der Waals surface area contributed by atoms with Gasteiger partial charge in [0.1, 0.15) is 12.6 Å². The minimum absolute atomic E-state index is 0.0354. The summed E-state index contributed by atoms with van der Waals surface area (Å²) < 4.78 is 4.81. The molecule has 2 N–H and O–H groups in total. The molecule has 5 nitrogen and oxygen atoms in total. The molecule has 0 fully saturated rings. The predicted molar refractivity (Wildman–Crippen MR) is 80.1 cm³/mol. The van der Waals surface area contributed by atoms with Gasteiger partial charge in [-0.3, -0.25) is 0 Å². The van der Waals surface area contributed by atoms with Crippen molar-refractivity contribution in [3.63, 3.8) is 0 Å². The third kappa shape index (κ3) is 4.95. The smallest absolute Gasteiger partial charge is 0.408 e. The lowest BCUT2D eigenvalue weighted by molar-refractivity contribution is -0.140. The largest absolute Gasteiger partial charge is 0.480 e. The van der Waals surface area contributed by atoms with Crippen molar-refractivity contribution >= 4 is 12.1 Å². The standard InChI is InChI=1S/C16H21NO4/c1-4-10-21-16(20)17-14(15(18)19)13(11(2)3)12-8-6-5-7-9-12/h4-9,11,13-14H,1,10H2,2-3H3,(H,17,20)(H,18,19). The van der Waals surface area contributed by atoms with Gasteiger partial charge in [0.25, 0.3) is 0 Å². The molecule has 2 unspecified atom stereocenters. The van der Waals surface area contributed by atoms with Crippen LogP contribution in [0.3, 0.4) is 0 Å². The molecule has 1 amide bonds. The maximum Gasteiger partial charge on any atom is 0.408 e. The Balaban J connectivity index is 2.97. The Kier molecular flexibility index (Phi) is 6.46. The summed E-state index contributed by atoms with van der Waals surface area (Å²) in [6.07, 6.45) is 0.663. The third-order valence-corrected chi connectivity index (χ3v) is 3.13. The Morgan fingerprint density at radius 2 is 1.95 bits per heavy atom. The number of rotatable bonds is 7. The molecule has 1 aromatic carbocycles. The van der Waals surface area contributed by atoms with Crippen molar-refractivity contribution in [1.29, 1.82) is 0 Å². The number of carbonyl (C=O) groups excluding carboxylic acids is 1. The summed E-state index contributed by atoms with van der Waals surface area (Å²) in [5, 5.41) is 11.9. The first-order valence-electron chi connectivity index (χ1n) is 6.79. The van der Waals surface area contributed by atoms with E-state index < -0.39 is 18.1 Å². The lowest BCUT2D eigenvalue weighted by Crippen LogP contribution is -2.46. The van der Waals surface area contributed by atoms with Crippen molar-refractivity contribution in [3.8, 4) is 0 Å². The predicted octanol–water partition coefficient (Wildman–Crippen LogP) is 2.79. The van der Waals surface area contributed by atoms with Gasteiger partial charge in [-0.25, -0.2) is 9.59 Å². The number of aliphatic carboxylic acids is 1. The van der Waals surface area contributed by atoms with E-state index in [4.69, 9.17) is 4.74 Å². The molecule has 1 rings (SSSR count). The van der Waals surface area contributed by atoms with Crippen LogP contribution < -0.4 is 5.32 Å². The highest BCUT2D eigenvalue weighted by atomic mass is 16.5. The molecule has 2 atom stereocenters. The summed E-state index contributed by atoms with van der Waals surface area (Å²) >= 11 is 0. The van der Waals surface area contributed by atoms with Crippen molar-refractivity contribution < 1.29 is 19.4 Å². The topological polar surface area (TPSA) is 75.6 Å². The van der Waals surface area contributed by atoms with Crippen LogP contribution in [0.4, 0.5) is 4.79 Å². The van der Waals surface area contributed by atoms with E-state index in [0.717, 1.165) is 5.56 Å². The second-order valence-electron chi connectivity index (χ2n) is 5.03. The molecule has 0 aliphatic rings. The Morgan fingerprint density at radius 1 is 1.33 bits per heavy atom. The second-order valence-corrected chi connectivity index (χ2v) is 5.03. The van der Waals surface area contributed by atoms with Gasteiger partial charge in [-0.1, -0.05) is 56.8 Å². The van der Waals surface area contributed by atoms with Gasteiger partial charge >= 0.3 is 12.1 Å². The number of carboxylic acids is 1. The molecule has 0 saturated carbocycles. The van der Waals surface area contributed by atoms with Crippen molar-refractivity contribution in [2.75, 3.05) is 6.61 Å². The van der Waals surface area contributed by atoms with Crippen molar-refractivity contribution in [3.05, 3.63) is 48.6 Å². The lowest BCUT2D eigenvalue weighted by atomic mass is 9.82. The number of carboxylic acid groups (broad SMARTS) is 1. The fraction of sp³-hybridized carbons (Fsp3) is 0.375. The molecule has 0 aromatic heterocycles. The first-order valence-corrected chi connectivity index (χ1v) is 6.79. The number of hydrogen-bond acceptors (Lipinski definition) is 3. The summed E-state index contributed by atoms with van der Waals surface area (Å²) in [5.41, 5.74) is 0.865. The average Bonchev–Trinajstić information content (AvgIpc) is 2.45. The zero-order valence-corrected chi connectivity index (χ0v) is 12.3. The molecule has 0 bridgehead atoms. The summed E-state index contributed by atoms with van der Waals surface area (Å²) in [7, 11) is 0. The van der Waals surface area contributed by atoms with Crippen LogP contribution in [-0.4, -0.2) is 29.8 Å². The summed E-state index contributed by atoms with van der Waals surface area (Å²) in [6.45, 7) is 7.32. The maximum atomic E-state index is 11.6. The SMILES string of the molecule is C=CCOC(=O)NC(C(=O)O)C(c1ccccc1)C(C)C. The molecule has 1 aromatic rings. The van der Waals surface area contributed by atoms with Crippen LogP contribution in [0.15, 0.2) is 43.0 Å². The van der Waals surface area contributed by atoms with Gasteiger partial charge in [0.05, 0.1) is 0 Å². The lowest BCUT2D eigenvalue weighted by Gasteiger charge is -2.28. The number of hydrogen-bond donors (Lipinski definition) is 2. The van der Waals surface area contributed by atoms with Crippen molar-refractivity contribution in [1.82, 2.24) is 5.32 Å². The van der Waals surface area contributed by atoms with E-state index >= 15 is 0 Å². The first kappa shape index (κ1) is 16.8. The normalized spacial score (nSPS) is 13.3. The molecule has 0 heterocycles. The fourth-order valence-electron chi connectivity index (χ4n) is 2.25. The van der Waals surface area contributed by atoms with Gasteiger partial charge in [0.15, 0.2) is 0 Å². The molecule has 0 radical (unpaired) electrons. The van der Waals surface area contributed by atoms with E-state index in [-0.39, 0.29) is 18.4 Å². The molecular weight excluding hydrogens is 270 g/mol. The molecule has 0 aliphatic carbocycles. The Hall–Kier alpha value is -2.30. The van der Waals surface area contributed by atoms with Crippen molar-refractivity contribution in [2.45, 2.75) is 25.8 Å². The van der Waals surface area contributed by atoms with Crippen LogP contribution in [0.2, 0.25) is 0 Å². The third-order valence-electron chi connectivity index (χ3n) is 3.13. The molecule has 0 aliphatic heterocycles. The maximum absolute atomic E-state index is 11.6. The van der Waals surface area contributed by atoms with Crippen LogP contribution >= 0.6 is 0 Å². The van der Waals surface area contributed by atoms with Gasteiger partial charge in [0.2, 0.25) is 0 Å². The van der Waals surface area contributed by atoms with Crippen LogP contribution in [0.5, 0.6) is 0 Å². The molecule has 0 spiro atoms. The van der Waals surface area contributed by atoms with Crippen molar-refractivity contribution in [2.24, 2.45) is 5.92 Å². The highest BCUT2D eigenvalue weighted by Crippen LogP contribution is 2.28. The number of alkyl carbamates (subject to hydrolysis) is 1. The van der Waals surface area contributed by atoms with Crippen LogP contribution in [0.1, 0.15) is 25.3 Å². The van der Waals surface area contributed by atoms with Gasteiger partial charge in [-0.2, -0.15) is 0 Å². The van der Waals surface area contributed by atoms with E-state index in [1.54, 1.807) is 0 Å². The zero-order valence-electron chi connectivity index (χ0n) is 12.3. The minimum Gasteiger partial charge on any atom is -0.480 e. The number of amides is 1. The fourth-order valence-corrected chi connectivity index (χ4v) is 2.25. The van der Waals surface area contributed by atoms with E-state index in [9.17, 15) is 14.7 Å². The molecule has 5 heteroatoms. The van der Waals surface area contributed by atoms with E-state index in [1.165, 1.54) is 6.08 Å². The highest BCUT2D eigenvalue weighted by Gasteiger charge is 2.33. The highest BCUT2D eigenvalue weighted by molar-refractivity contribution is 5.81. The molecule has 0 saturated heterocycles.